The van der Waals surface area contributed by atoms with E-state index in [1.807, 2.05) is 17.5 Å². The Morgan fingerprint density at radius 1 is 1.06 bits per heavy atom. The second-order valence-electron chi connectivity index (χ2n) is 7.15. The molecule has 162 valence electrons. The summed E-state index contributed by atoms with van der Waals surface area (Å²) in [6.07, 6.45) is 1.74. The van der Waals surface area contributed by atoms with Gasteiger partial charge in [0.05, 0.1) is 16.3 Å². The Kier molecular flexibility index (Phi) is 6.30. The lowest BCUT2D eigenvalue weighted by atomic mass is 10.2. The number of amides is 1. The summed E-state index contributed by atoms with van der Waals surface area (Å²) >= 11 is 1.53. The molecule has 1 amide bonds. The molecule has 1 N–H and O–H groups in total. The van der Waals surface area contributed by atoms with Crippen molar-refractivity contribution in [2.24, 2.45) is 0 Å². The van der Waals surface area contributed by atoms with Gasteiger partial charge < -0.3 is 5.32 Å². The summed E-state index contributed by atoms with van der Waals surface area (Å²) in [6.45, 7) is 1.51. The number of carbonyl (C=O) groups is 1. The third-order valence-electron chi connectivity index (χ3n) is 5.07. The van der Waals surface area contributed by atoms with Crippen LogP contribution in [0.25, 0.3) is 10.6 Å². The number of nitrogens with one attached hydrogen (secondary N) is 1. The predicted molar refractivity (Wildman–Crippen MR) is 119 cm³/mol. The highest BCUT2D eigenvalue weighted by Crippen LogP contribution is 2.22. The van der Waals surface area contributed by atoms with Crippen molar-refractivity contribution >= 4 is 27.3 Å². The molecule has 0 bridgehead atoms. The number of thiophene rings is 1. The van der Waals surface area contributed by atoms with Crippen molar-refractivity contribution in [2.75, 3.05) is 19.6 Å². The van der Waals surface area contributed by atoms with Gasteiger partial charge in [-0.25, -0.2) is 13.1 Å². The number of nitrogens with zero attached hydrogens (tertiary/aromatic N) is 3. The van der Waals surface area contributed by atoms with E-state index in [4.69, 9.17) is 0 Å². The highest BCUT2D eigenvalue weighted by atomic mass is 32.2. The zero-order valence-electron chi connectivity index (χ0n) is 16.7. The highest BCUT2D eigenvalue weighted by molar-refractivity contribution is 7.89. The standard InChI is InChI=1S/C21H22N4O4S2/c26-20-10-9-18(19-4-3-15-30-19)23-25(20)14-11-22-21(27)16-5-7-17(8-6-16)31(28,29)24-12-1-2-13-24/h3-10,15H,1-2,11-14H2,(H,22,27). The molecule has 0 spiro atoms. The van der Waals surface area contributed by atoms with Gasteiger partial charge in [-0.15, -0.1) is 11.3 Å². The lowest BCUT2D eigenvalue weighted by molar-refractivity contribution is 0.0951. The molecule has 4 rings (SSSR count). The molecule has 0 atom stereocenters. The van der Waals surface area contributed by atoms with Crippen molar-refractivity contribution in [3.8, 4) is 10.6 Å². The van der Waals surface area contributed by atoms with E-state index in [2.05, 4.69) is 10.4 Å². The van der Waals surface area contributed by atoms with Crippen molar-refractivity contribution < 1.29 is 13.2 Å². The second kappa shape index (κ2) is 9.13. The maximum atomic E-state index is 12.6. The molecular weight excluding hydrogens is 436 g/mol. The average Bonchev–Trinajstić information content (AvgIpc) is 3.50. The van der Waals surface area contributed by atoms with Gasteiger partial charge in [0, 0.05) is 31.3 Å². The average molecular weight is 459 g/mol. The van der Waals surface area contributed by atoms with Gasteiger partial charge in [-0.1, -0.05) is 6.07 Å². The molecule has 31 heavy (non-hydrogen) atoms. The normalized spacial score (nSPS) is 14.6. The van der Waals surface area contributed by atoms with Crippen LogP contribution in [0.3, 0.4) is 0 Å². The minimum atomic E-state index is -3.51. The van der Waals surface area contributed by atoms with E-state index in [-0.39, 0.29) is 29.5 Å². The molecule has 0 unspecified atom stereocenters. The number of aromatic nitrogens is 2. The van der Waals surface area contributed by atoms with E-state index in [9.17, 15) is 18.0 Å². The van der Waals surface area contributed by atoms with E-state index in [1.165, 1.54) is 50.7 Å². The van der Waals surface area contributed by atoms with Crippen LogP contribution in [0.5, 0.6) is 0 Å². The molecule has 1 fully saturated rings. The van der Waals surface area contributed by atoms with Gasteiger partial charge in [0.1, 0.15) is 5.69 Å². The van der Waals surface area contributed by atoms with E-state index < -0.39 is 10.0 Å². The van der Waals surface area contributed by atoms with Gasteiger partial charge in [-0.3, -0.25) is 9.59 Å². The summed E-state index contributed by atoms with van der Waals surface area (Å²) < 4.78 is 27.9. The summed E-state index contributed by atoms with van der Waals surface area (Å²) in [5.74, 6) is -0.340. The topological polar surface area (TPSA) is 101 Å². The number of benzene rings is 1. The quantitative estimate of drug-likeness (QED) is 0.585. The Morgan fingerprint density at radius 2 is 1.81 bits per heavy atom. The lowest BCUT2D eigenvalue weighted by Gasteiger charge is -2.15. The summed E-state index contributed by atoms with van der Waals surface area (Å²) in [7, 11) is -3.51. The zero-order chi connectivity index (χ0) is 21.8. The summed E-state index contributed by atoms with van der Waals surface area (Å²) in [6, 6.07) is 12.9. The van der Waals surface area contributed by atoms with Crippen molar-refractivity contribution in [2.45, 2.75) is 24.3 Å². The van der Waals surface area contributed by atoms with Crippen LogP contribution in [-0.2, 0) is 16.6 Å². The SMILES string of the molecule is O=C(NCCn1nc(-c2cccs2)ccc1=O)c1ccc(S(=O)(=O)N2CCCC2)cc1. The number of carbonyl (C=O) groups excluding carboxylic acids is 1. The first kappa shape index (κ1) is 21.4. The minimum Gasteiger partial charge on any atom is -0.350 e. The van der Waals surface area contributed by atoms with Crippen LogP contribution in [0.2, 0.25) is 0 Å². The third-order valence-corrected chi connectivity index (χ3v) is 7.87. The fourth-order valence-electron chi connectivity index (χ4n) is 3.40. The molecule has 8 nitrogen and oxygen atoms in total. The first-order chi connectivity index (χ1) is 14.9. The maximum absolute atomic E-state index is 12.6. The molecule has 10 heteroatoms. The smallest absolute Gasteiger partial charge is 0.266 e. The Bertz CT molecular complexity index is 1210. The van der Waals surface area contributed by atoms with E-state index >= 15 is 0 Å². The molecule has 0 aliphatic carbocycles. The maximum Gasteiger partial charge on any atom is 0.266 e. The number of rotatable bonds is 7. The fraction of sp³-hybridized carbons (Fsp3) is 0.286. The Labute approximate surface area is 184 Å². The van der Waals surface area contributed by atoms with Gasteiger partial charge in [0.2, 0.25) is 10.0 Å². The molecule has 0 radical (unpaired) electrons. The minimum absolute atomic E-state index is 0.187. The highest BCUT2D eigenvalue weighted by Gasteiger charge is 2.27. The van der Waals surface area contributed by atoms with Crippen LogP contribution in [-0.4, -0.2) is 48.0 Å². The predicted octanol–water partition coefficient (Wildman–Crippen LogP) is 2.19. The number of sulfonamides is 1. The van der Waals surface area contributed by atoms with Crippen molar-refractivity contribution in [3.05, 3.63) is 69.8 Å². The molecule has 1 aliphatic rings. The van der Waals surface area contributed by atoms with E-state index in [1.54, 1.807) is 6.07 Å². The molecule has 2 aromatic heterocycles. The van der Waals surface area contributed by atoms with Crippen LogP contribution in [0.4, 0.5) is 0 Å². The Balaban J connectivity index is 1.37. The largest absolute Gasteiger partial charge is 0.350 e. The molecule has 1 aromatic carbocycles. The first-order valence-electron chi connectivity index (χ1n) is 9.95. The molecule has 3 heterocycles. The van der Waals surface area contributed by atoms with Crippen LogP contribution < -0.4 is 10.9 Å². The molecular formula is C21H22N4O4S2. The van der Waals surface area contributed by atoms with Gasteiger partial charge >= 0.3 is 0 Å². The van der Waals surface area contributed by atoms with Crippen molar-refractivity contribution in [3.63, 3.8) is 0 Å². The van der Waals surface area contributed by atoms with Crippen LogP contribution in [0, 0.1) is 0 Å². The Hall–Kier alpha value is -2.82. The molecule has 0 saturated carbocycles. The lowest BCUT2D eigenvalue weighted by Crippen LogP contribution is -2.32. The van der Waals surface area contributed by atoms with Gasteiger partial charge in [0.25, 0.3) is 11.5 Å². The number of hydrogen-bond donors (Lipinski definition) is 1. The van der Waals surface area contributed by atoms with Gasteiger partial charge in [-0.2, -0.15) is 9.40 Å². The van der Waals surface area contributed by atoms with Crippen LogP contribution >= 0.6 is 11.3 Å². The van der Waals surface area contributed by atoms with E-state index in [0.29, 0.717) is 24.3 Å². The molecule has 1 saturated heterocycles. The van der Waals surface area contributed by atoms with Gasteiger partial charge in [-0.05, 0) is 54.6 Å². The molecule has 3 aromatic rings. The summed E-state index contributed by atoms with van der Waals surface area (Å²) in [5, 5.41) is 9.04. The Morgan fingerprint density at radius 3 is 2.48 bits per heavy atom. The van der Waals surface area contributed by atoms with E-state index in [0.717, 1.165) is 17.7 Å². The van der Waals surface area contributed by atoms with Crippen LogP contribution in [0.1, 0.15) is 23.2 Å². The third kappa shape index (κ3) is 4.76. The first-order valence-corrected chi connectivity index (χ1v) is 12.3. The van der Waals surface area contributed by atoms with Crippen molar-refractivity contribution in [1.82, 2.24) is 19.4 Å². The fourth-order valence-corrected chi connectivity index (χ4v) is 5.61. The zero-order valence-corrected chi connectivity index (χ0v) is 18.4. The van der Waals surface area contributed by atoms with Gasteiger partial charge in [0.15, 0.2) is 0 Å². The summed E-state index contributed by atoms with van der Waals surface area (Å²) in [5.41, 5.74) is 0.815. The van der Waals surface area contributed by atoms with Crippen LogP contribution in [0.15, 0.2) is 63.6 Å². The molecule has 1 aliphatic heterocycles. The monoisotopic (exact) mass is 458 g/mol. The number of hydrogen-bond acceptors (Lipinski definition) is 6. The summed E-state index contributed by atoms with van der Waals surface area (Å²) in [4.78, 5) is 25.6. The second-order valence-corrected chi connectivity index (χ2v) is 10.0. The van der Waals surface area contributed by atoms with Crippen molar-refractivity contribution in [1.29, 1.82) is 0 Å².